The molecule has 2 N–H and O–H groups in total. The topological polar surface area (TPSA) is 61.8 Å². The first kappa shape index (κ1) is 18.3. The monoisotopic (exact) mass is 354 g/mol. The molecule has 1 heterocycles. The molecule has 1 aliphatic heterocycles. The third kappa shape index (κ3) is 4.17. The molecule has 0 aliphatic carbocycles. The van der Waals surface area contributed by atoms with Crippen LogP contribution < -0.4 is 10.1 Å². The van der Waals surface area contributed by atoms with E-state index in [-0.39, 0.29) is 18.7 Å². The van der Waals surface area contributed by atoms with Crippen molar-refractivity contribution in [2.75, 3.05) is 13.2 Å². The summed E-state index contributed by atoms with van der Waals surface area (Å²) in [5, 5.41) is 12.4. The Hall–Kier alpha value is -2.53. The summed E-state index contributed by atoms with van der Waals surface area (Å²) in [6.45, 7) is 5.54. The number of benzene rings is 2. The number of carbonyl (C=O) groups is 1. The highest BCUT2D eigenvalue weighted by Gasteiger charge is 2.21. The fourth-order valence-electron chi connectivity index (χ4n) is 3.12. The van der Waals surface area contributed by atoms with Gasteiger partial charge in [-0.05, 0) is 42.2 Å². The molecule has 0 saturated heterocycles. The zero-order chi connectivity index (χ0) is 18.5. The average Bonchev–Trinajstić information content (AvgIpc) is 2.89. The number of rotatable bonds is 4. The summed E-state index contributed by atoms with van der Waals surface area (Å²) in [5.74, 6) is 0.778. The van der Waals surface area contributed by atoms with E-state index in [4.69, 9.17) is 4.74 Å². The SMILES string of the molecule is CCc1ccc([C@H](C)NC(=O)N2CCOc3ccc(CO)cc3C2)cc1. The molecule has 3 rings (SSSR count). The van der Waals surface area contributed by atoms with E-state index >= 15 is 0 Å². The summed E-state index contributed by atoms with van der Waals surface area (Å²) in [7, 11) is 0. The van der Waals surface area contributed by atoms with Gasteiger partial charge in [-0.3, -0.25) is 0 Å². The van der Waals surface area contributed by atoms with E-state index in [1.54, 1.807) is 4.90 Å². The van der Waals surface area contributed by atoms with Gasteiger partial charge in [0, 0.05) is 5.56 Å². The first-order chi connectivity index (χ1) is 12.6. The van der Waals surface area contributed by atoms with Crippen LogP contribution in [0, 0.1) is 0 Å². The van der Waals surface area contributed by atoms with Crippen molar-refractivity contribution in [3.63, 3.8) is 0 Å². The number of nitrogens with zero attached hydrogens (tertiary/aromatic N) is 1. The van der Waals surface area contributed by atoms with E-state index in [1.165, 1.54) is 5.56 Å². The Morgan fingerprint density at radius 3 is 2.65 bits per heavy atom. The normalized spacial score (nSPS) is 14.8. The lowest BCUT2D eigenvalue weighted by Crippen LogP contribution is -2.41. The number of fused-ring (bicyclic) bond motifs is 1. The van der Waals surface area contributed by atoms with Crippen molar-refractivity contribution in [3.05, 3.63) is 64.7 Å². The van der Waals surface area contributed by atoms with Crippen LogP contribution in [0.1, 0.15) is 42.1 Å². The molecule has 0 aromatic heterocycles. The third-order valence-corrected chi connectivity index (χ3v) is 4.80. The molecule has 0 radical (unpaired) electrons. The summed E-state index contributed by atoms with van der Waals surface area (Å²) in [6.07, 6.45) is 1.00. The van der Waals surface area contributed by atoms with Crippen LogP contribution in [0.25, 0.3) is 0 Å². The minimum Gasteiger partial charge on any atom is -0.491 e. The second-order valence-electron chi connectivity index (χ2n) is 6.64. The average molecular weight is 354 g/mol. The number of amides is 2. The molecule has 0 spiro atoms. The quantitative estimate of drug-likeness (QED) is 0.884. The lowest BCUT2D eigenvalue weighted by molar-refractivity contribution is 0.184. The highest BCUT2D eigenvalue weighted by atomic mass is 16.5. The molecule has 2 amide bonds. The van der Waals surface area contributed by atoms with Gasteiger partial charge in [-0.2, -0.15) is 0 Å². The fraction of sp³-hybridized carbons (Fsp3) is 0.381. The molecule has 0 fully saturated rings. The second-order valence-corrected chi connectivity index (χ2v) is 6.64. The third-order valence-electron chi connectivity index (χ3n) is 4.80. The molecule has 0 bridgehead atoms. The molecule has 2 aromatic carbocycles. The van der Waals surface area contributed by atoms with Crippen LogP contribution >= 0.6 is 0 Å². The van der Waals surface area contributed by atoms with Gasteiger partial charge < -0.3 is 20.1 Å². The highest BCUT2D eigenvalue weighted by Crippen LogP contribution is 2.25. The molecular weight excluding hydrogens is 328 g/mol. The summed E-state index contributed by atoms with van der Waals surface area (Å²) in [4.78, 5) is 14.5. The van der Waals surface area contributed by atoms with Gasteiger partial charge in [0.25, 0.3) is 0 Å². The van der Waals surface area contributed by atoms with Gasteiger partial charge >= 0.3 is 6.03 Å². The Labute approximate surface area is 154 Å². The van der Waals surface area contributed by atoms with Crippen molar-refractivity contribution in [1.29, 1.82) is 0 Å². The highest BCUT2D eigenvalue weighted by molar-refractivity contribution is 5.75. The maximum absolute atomic E-state index is 12.7. The van der Waals surface area contributed by atoms with Crippen LogP contribution in [0.5, 0.6) is 5.75 Å². The first-order valence-electron chi connectivity index (χ1n) is 9.10. The van der Waals surface area contributed by atoms with Crippen molar-refractivity contribution < 1.29 is 14.6 Å². The predicted octanol–water partition coefficient (Wildman–Crippen LogP) is 3.41. The van der Waals surface area contributed by atoms with Gasteiger partial charge in [-0.25, -0.2) is 4.79 Å². The van der Waals surface area contributed by atoms with E-state index in [1.807, 2.05) is 25.1 Å². The summed E-state index contributed by atoms with van der Waals surface area (Å²) >= 11 is 0. The Kier molecular flexibility index (Phi) is 5.78. The number of urea groups is 1. The number of aliphatic hydroxyl groups is 1. The molecule has 26 heavy (non-hydrogen) atoms. The van der Waals surface area contributed by atoms with Crippen LogP contribution in [0.15, 0.2) is 42.5 Å². The van der Waals surface area contributed by atoms with Crippen LogP contribution in [-0.2, 0) is 19.6 Å². The smallest absolute Gasteiger partial charge is 0.318 e. The van der Waals surface area contributed by atoms with Gasteiger partial charge in [0.2, 0.25) is 0 Å². The standard InChI is InChI=1S/C21H26N2O3/c1-3-16-4-7-18(8-5-16)15(2)22-21(25)23-10-11-26-20-9-6-17(14-24)12-19(20)13-23/h4-9,12,15,24H,3,10-11,13-14H2,1-2H3,(H,22,25)/t15-/m0/s1. The Balaban J connectivity index is 1.68. The van der Waals surface area contributed by atoms with Crippen LogP contribution in [0.2, 0.25) is 0 Å². The lowest BCUT2D eigenvalue weighted by atomic mass is 10.1. The van der Waals surface area contributed by atoms with Crippen molar-refractivity contribution in [3.8, 4) is 5.75 Å². The number of aryl methyl sites for hydroxylation is 1. The molecule has 5 nitrogen and oxygen atoms in total. The fourth-order valence-corrected chi connectivity index (χ4v) is 3.12. The number of ether oxygens (including phenoxy) is 1. The molecule has 1 aliphatic rings. The van der Waals surface area contributed by atoms with Gasteiger partial charge in [0.15, 0.2) is 0 Å². The molecule has 0 unspecified atom stereocenters. The summed E-state index contributed by atoms with van der Waals surface area (Å²) in [5.41, 5.74) is 4.11. The van der Waals surface area contributed by atoms with E-state index in [9.17, 15) is 9.90 Å². The molecule has 2 aromatic rings. The lowest BCUT2D eigenvalue weighted by Gasteiger charge is -2.23. The number of aliphatic hydroxyl groups excluding tert-OH is 1. The molecule has 138 valence electrons. The summed E-state index contributed by atoms with van der Waals surface area (Å²) in [6, 6.07) is 13.8. The van der Waals surface area contributed by atoms with Crippen molar-refractivity contribution in [1.82, 2.24) is 10.2 Å². The minimum atomic E-state index is -0.108. The van der Waals surface area contributed by atoms with E-state index in [0.29, 0.717) is 19.7 Å². The number of carbonyl (C=O) groups excluding carboxylic acids is 1. The van der Waals surface area contributed by atoms with Gasteiger partial charge in [0.1, 0.15) is 12.4 Å². The number of hydrogen-bond donors (Lipinski definition) is 2. The van der Waals surface area contributed by atoms with Crippen molar-refractivity contribution in [2.45, 2.75) is 39.5 Å². The zero-order valence-electron chi connectivity index (χ0n) is 15.4. The van der Waals surface area contributed by atoms with E-state index in [2.05, 4.69) is 36.5 Å². The molecule has 0 saturated carbocycles. The predicted molar refractivity (Wildman–Crippen MR) is 101 cm³/mol. The largest absolute Gasteiger partial charge is 0.491 e. The van der Waals surface area contributed by atoms with Crippen LogP contribution in [0.3, 0.4) is 0 Å². The Bertz CT molecular complexity index is 758. The number of hydrogen-bond acceptors (Lipinski definition) is 3. The van der Waals surface area contributed by atoms with E-state index in [0.717, 1.165) is 28.9 Å². The second kappa shape index (κ2) is 8.23. The van der Waals surface area contributed by atoms with E-state index < -0.39 is 0 Å². The summed E-state index contributed by atoms with van der Waals surface area (Å²) < 4.78 is 5.74. The molecular formula is C21H26N2O3. The first-order valence-corrected chi connectivity index (χ1v) is 9.10. The maximum atomic E-state index is 12.7. The van der Waals surface area contributed by atoms with Crippen molar-refractivity contribution >= 4 is 6.03 Å². The zero-order valence-corrected chi connectivity index (χ0v) is 15.4. The van der Waals surface area contributed by atoms with Crippen LogP contribution in [-0.4, -0.2) is 29.2 Å². The van der Waals surface area contributed by atoms with Gasteiger partial charge in [0.05, 0.1) is 25.7 Å². The van der Waals surface area contributed by atoms with Crippen LogP contribution in [0.4, 0.5) is 4.79 Å². The maximum Gasteiger partial charge on any atom is 0.318 e. The Morgan fingerprint density at radius 1 is 1.23 bits per heavy atom. The minimum absolute atomic E-state index is 0.0235. The Morgan fingerprint density at radius 2 is 1.96 bits per heavy atom. The molecule has 1 atom stereocenters. The van der Waals surface area contributed by atoms with Gasteiger partial charge in [-0.15, -0.1) is 0 Å². The molecule has 5 heteroatoms. The van der Waals surface area contributed by atoms with Crippen molar-refractivity contribution in [2.24, 2.45) is 0 Å². The number of nitrogens with one attached hydrogen (secondary N) is 1. The van der Waals surface area contributed by atoms with Gasteiger partial charge in [-0.1, -0.05) is 37.3 Å².